The van der Waals surface area contributed by atoms with Gasteiger partial charge in [0.1, 0.15) is 0 Å². The second kappa shape index (κ2) is 16.1. The van der Waals surface area contributed by atoms with Crippen LogP contribution in [0.4, 0.5) is 0 Å². The lowest BCUT2D eigenvalue weighted by Gasteiger charge is -2.09. The number of carbonyl (C=O) groups excluding carboxylic acids is 2. The van der Waals surface area contributed by atoms with E-state index in [9.17, 15) is 9.59 Å². The fraction of sp³-hybridized carbons (Fsp3) is 0.619. The number of halogens is 4. The number of ether oxygens (including phenoxy) is 2. The Morgan fingerprint density at radius 3 is 1.83 bits per heavy atom. The number of alkyl halides is 1. The fourth-order valence-electron chi connectivity index (χ4n) is 2.68. The Bertz CT molecular complexity index is 614. The maximum absolute atomic E-state index is 11.9. The minimum absolute atomic E-state index is 0.0636. The summed E-state index contributed by atoms with van der Waals surface area (Å²) in [5, 5.41) is 0.667. The summed E-state index contributed by atoms with van der Waals surface area (Å²) in [5.74, 6) is -0.00167. The highest BCUT2D eigenvalue weighted by Crippen LogP contribution is 2.36. The van der Waals surface area contributed by atoms with E-state index in [-0.39, 0.29) is 34.6 Å². The summed E-state index contributed by atoms with van der Waals surface area (Å²) in [6.07, 6.45) is 9.61. The van der Waals surface area contributed by atoms with Crippen LogP contribution < -0.4 is 4.74 Å². The van der Waals surface area contributed by atoms with Crippen molar-refractivity contribution in [3.8, 4) is 5.75 Å². The van der Waals surface area contributed by atoms with Crippen LogP contribution in [0.1, 0.15) is 70.6 Å². The van der Waals surface area contributed by atoms with Crippen LogP contribution in [0, 0.1) is 0 Å². The maximum atomic E-state index is 11.9. The van der Waals surface area contributed by atoms with Gasteiger partial charge in [-0.15, -0.1) is 11.6 Å². The van der Waals surface area contributed by atoms with Crippen molar-refractivity contribution in [2.45, 2.75) is 70.6 Å². The molecule has 0 heterocycles. The van der Waals surface area contributed by atoms with Gasteiger partial charge in [0, 0.05) is 23.7 Å². The molecule has 0 radical (unpaired) electrons. The molecule has 0 aliphatic rings. The summed E-state index contributed by atoms with van der Waals surface area (Å²) in [5.41, 5.74) is 0. The molecule has 0 saturated carbocycles. The van der Waals surface area contributed by atoms with Crippen LogP contribution in [0.2, 0.25) is 15.1 Å². The highest BCUT2D eigenvalue weighted by molar-refractivity contribution is 6.40. The summed E-state index contributed by atoms with van der Waals surface area (Å²) in [6, 6.07) is 2.88. The summed E-state index contributed by atoms with van der Waals surface area (Å²) >= 11 is 23.4. The van der Waals surface area contributed by atoms with Gasteiger partial charge < -0.3 is 9.47 Å². The van der Waals surface area contributed by atoms with Crippen molar-refractivity contribution >= 4 is 58.3 Å². The molecule has 1 aromatic rings. The SMILES string of the molecule is O=C(CCCC(=O)Oc1c(Cl)cc(Cl)cc1Cl)OCCCCCCCCCCCl. The molecule has 1 rings (SSSR count). The van der Waals surface area contributed by atoms with Gasteiger partial charge in [-0.05, 0) is 31.4 Å². The predicted octanol–water partition coefficient (Wildman–Crippen LogP) is 7.63. The van der Waals surface area contributed by atoms with Crippen LogP contribution >= 0.6 is 46.4 Å². The topological polar surface area (TPSA) is 52.6 Å². The van der Waals surface area contributed by atoms with Gasteiger partial charge >= 0.3 is 11.9 Å². The van der Waals surface area contributed by atoms with E-state index in [1.165, 1.54) is 37.8 Å². The number of esters is 2. The Balaban J connectivity index is 2.06. The molecule has 0 spiro atoms. The van der Waals surface area contributed by atoms with Crippen LogP contribution in [0.15, 0.2) is 12.1 Å². The standard InChI is InChI=1S/C21H28Cl4O4/c22-12-7-5-3-1-2-4-6-8-13-28-19(26)10-9-11-20(27)29-21-17(24)14-16(23)15-18(21)25/h14-15H,1-13H2. The lowest BCUT2D eigenvalue weighted by Crippen LogP contribution is -2.11. The summed E-state index contributed by atoms with van der Waals surface area (Å²) in [6.45, 7) is 0.422. The average molecular weight is 486 g/mol. The number of hydrogen-bond donors (Lipinski definition) is 0. The Morgan fingerprint density at radius 1 is 0.724 bits per heavy atom. The molecular formula is C21H28Cl4O4. The van der Waals surface area contributed by atoms with Gasteiger partial charge in [-0.2, -0.15) is 0 Å². The first kappa shape index (κ1) is 26.4. The van der Waals surface area contributed by atoms with Crippen molar-refractivity contribution in [1.29, 1.82) is 0 Å². The molecule has 0 atom stereocenters. The molecule has 0 saturated heterocycles. The molecule has 8 heteroatoms. The average Bonchev–Trinajstić information content (AvgIpc) is 2.66. The molecule has 0 amide bonds. The minimum Gasteiger partial charge on any atom is -0.466 e. The van der Waals surface area contributed by atoms with E-state index in [0.717, 1.165) is 31.6 Å². The van der Waals surface area contributed by atoms with E-state index in [1.807, 2.05) is 0 Å². The van der Waals surface area contributed by atoms with E-state index in [4.69, 9.17) is 55.9 Å². The van der Waals surface area contributed by atoms with Gasteiger partial charge in [0.25, 0.3) is 0 Å². The number of benzene rings is 1. The minimum atomic E-state index is -0.519. The second-order valence-electron chi connectivity index (χ2n) is 6.76. The Kier molecular flexibility index (Phi) is 14.6. The normalized spacial score (nSPS) is 10.8. The number of unbranched alkanes of at least 4 members (excludes halogenated alkanes) is 7. The first-order valence-corrected chi connectivity index (χ1v) is 11.7. The molecule has 0 aliphatic heterocycles. The van der Waals surface area contributed by atoms with Crippen molar-refractivity contribution in [1.82, 2.24) is 0 Å². The molecule has 0 aromatic heterocycles. The van der Waals surface area contributed by atoms with Crippen molar-refractivity contribution in [3.05, 3.63) is 27.2 Å². The molecule has 0 unspecified atom stereocenters. The molecule has 0 fully saturated rings. The summed E-state index contributed by atoms with van der Waals surface area (Å²) < 4.78 is 10.4. The van der Waals surface area contributed by atoms with Gasteiger partial charge in [0.15, 0.2) is 5.75 Å². The number of hydrogen-bond acceptors (Lipinski definition) is 4. The third kappa shape index (κ3) is 12.6. The first-order chi connectivity index (χ1) is 13.9. The molecule has 0 N–H and O–H groups in total. The van der Waals surface area contributed by atoms with E-state index in [1.54, 1.807) is 0 Å². The van der Waals surface area contributed by atoms with Gasteiger partial charge in [-0.3, -0.25) is 9.59 Å². The van der Waals surface area contributed by atoms with Gasteiger partial charge in [-0.1, -0.05) is 73.3 Å². The van der Waals surface area contributed by atoms with Gasteiger partial charge in [-0.25, -0.2) is 0 Å². The number of rotatable bonds is 15. The molecule has 1 aromatic carbocycles. The lowest BCUT2D eigenvalue weighted by atomic mass is 10.1. The van der Waals surface area contributed by atoms with Crippen molar-refractivity contribution in [2.24, 2.45) is 0 Å². The molecule has 164 valence electrons. The zero-order chi connectivity index (χ0) is 21.5. The molecule has 0 bridgehead atoms. The predicted molar refractivity (Wildman–Crippen MR) is 120 cm³/mol. The van der Waals surface area contributed by atoms with E-state index >= 15 is 0 Å². The van der Waals surface area contributed by atoms with E-state index in [2.05, 4.69) is 0 Å². The van der Waals surface area contributed by atoms with Crippen molar-refractivity contribution in [2.75, 3.05) is 12.5 Å². The third-order valence-electron chi connectivity index (χ3n) is 4.23. The van der Waals surface area contributed by atoms with E-state index in [0.29, 0.717) is 18.1 Å². The fourth-order valence-corrected chi connectivity index (χ4v) is 3.77. The van der Waals surface area contributed by atoms with Gasteiger partial charge in [0.05, 0.1) is 16.7 Å². The van der Waals surface area contributed by atoms with Crippen molar-refractivity contribution in [3.63, 3.8) is 0 Å². The third-order valence-corrected chi connectivity index (χ3v) is 5.28. The Hall–Kier alpha value is -0.680. The maximum Gasteiger partial charge on any atom is 0.311 e. The van der Waals surface area contributed by atoms with Crippen LogP contribution in [0.25, 0.3) is 0 Å². The zero-order valence-corrected chi connectivity index (χ0v) is 19.5. The molecular weight excluding hydrogens is 458 g/mol. The zero-order valence-electron chi connectivity index (χ0n) is 16.5. The molecule has 4 nitrogen and oxygen atoms in total. The van der Waals surface area contributed by atoms with Crippen LogP contribution in [-0.4, -0.2) is 24.4 Å². The van der Waals surface area contributed by atoms with Crippen LogP contribution in [0.5, 0.6) is 5.75 Å². The Labute approximate surface area is 193 Å². The van der Waals surface area contributed by atoms with E-state index < -0.39 is 5.97 Å². The quantitative estimate of drug-likeness (QED) is 0.111. The van der Waals surface area contributed by atoms with Gasteiger partial charge in [0.2, 0.25) is 0 Å². The van der Waals surface area contributed by atoms with Crippen LogP contribution in [-0.2, 0) is 14.3 Å². The highest BCUT2D eigenvalue weighted by Gasteiger charge is 2.14. The Morgan fingerprint density at radius 2 is 1.24 bits per heavy atom. The smallest absolute Gasteiger partial charge is 0.311 e. The molecule has 29 heavy (non-hydrogen) atoms. The summed E-state index contributed by atoms with van der Waals surface area (Å²) in [4.78, 5) is 23.6. The van der Waals surface area contributed by atoms with Crippen LogP contribution in [0.3, 0.4) is 0 Å². The monoisotopic (exact) mass is 484 g/mol. The van der Waals surface area contributed by atoms with Crippen molar-refractivity contribution < 1.29 is 19.1 Å². The lowest BCUT2D eigenvalue weighted by molar-refractivity contribution is -0.144. The molecule has 0 aliphatic carbocycles. The first-order valence-electron chi connectivity index (χ1n) is 10.0. The highest BCUT2D eigenvalue weighted by atomic mass is 35.5. The number of carbonyl (C=O) groups is 2. The summed E-state index contributed by atoms with van der Waals surface area (Å²) in [7, 11) is 0. The second-order valence-corrected chi connectivity index (χ2v) is 8.39. The largest absolute Gasteiger partial charge is 0.466 e.